The number of amides is 2. The van der Waals surface area contributed by atoms with E-state index in [1.54, 1.807) is 12.1 Å². The third-order valence-corrected chi connectivity index (χ3v) is 5.99. The highest BCUT2D eigenvalue weighted by molar-refractivity contribution is 7.78. The highest BCUT2D eigenvalue weighted by Crippen LogP contribution is 2.32. The van der Waals surface area contributed by atoms with Gasteiger partial charge in [0.05, 0.1) is 11.2 Å². The molecule has 4 rings (SSSR count). The van der Waals surface area contributed by atoms with Crippen molar-refractivity contribution < 1.29 is 22.7 Å². The largest absolute Gasteiger partial charge is 0.573 e. The summed E-state index contributed by atoms with van der Waals surface area (Å²) in [5.74, 6) is 0.286. The van der Waals surface area contributed by atoms with Crippen molar-refractivity contribution in [2.45, 2.75) is 25.2 Å². The van der Waals surface area contributed by atoms with Crippen LogP contribution in [0.4, 0.5) is 29.5 Å². The van der Waals surface area contributed by atoms with Crippen LogP contribution in [0.2, 0.25) is 5.02 Å². The summed E-state index contributed by atoms with van der Waals surface area (Å²) < 4.78 is 43.1. The van der Waals surface area contributed by atoms with Gasteiger partial charge in [0.25, 0.3) is 0 Å². The lowest BCUT2D eigenvalue weighted by Gasteiger charge is -2.36. The van der Waals surface area contributed by atoms with Gasteiger partial charge >= 0.3 is 12.4 Å². The van der Waals surface area contributed by atoms with Crippen LogP contribution in [0.15, 0.2) is 48.8 Å². The van der Waals surface area contributed by atoms with Gasteiger partial charge in [-0.05, 0) is 43.2 Å². The van der Waals surface area contributed by atoms with Crippen LogP contribution in [-0.2, 0) is 0 Å². The minimum absolute atomic E-state index is 0.0950. The molecule has 33 heavy (non-hydrogen) atoms. The van der Waals surface area contributed by atoms with Gasteiger partial charge in [0.15, 0.2) is 5.75 Å². The van der Waals surface area contributed by atoms with Gasteiger partial charge in [-0.3, -0.25) is 4.31 Å². The number of urea groups is 1. The number of anilines is 2. The maximum absolute atomic E-state index is 12.6. The summed E-state index contributed by atoms with van der Waals surface area (Å²) in [5, 5.41) is 3.91. The van der Waals surface area contributed by atoms with E-state index in [9.17, 15) is 18.0 Å². The number of para-hydroxylation sites is 2. The second kappa shape index (κ2) is 9.52. The standard InChI is InChI=1S/C21H19ClF3N5O2S/c22-13-5-6-15-17(11-13)26-12-27-19(15)29-9-7-14(8-10-29)30(33)20(31)28-16-3-1-2-4-18(16)32-21(23,24)25/h1-6,11-12,14,33H,7-10H2,(H,28,31). The molecule has 174 valence electrons. The maximum Gasteiger partial charge on any atom is 0.573 e. The molecule has 7 nitrogen and oxygen atoms in total. The Bertz CT molecular complexity index is 1160. The molecule has 0 radical (unpaired) electrons. The number of hydrogen-bond acceptors (Lipinski definition) is 6. The van der Waals surface area contributed by atoms with Crippen molar-refractivity contribution in [2.75, 3.05) is 23.3 Å². The number of benzene rings is 2. The van der Waals surface area contributed by atoms with Gasteiger partial charge in [-0.15, -0.1) is 13.2 Å². The number of nitrogens with one attached hydrogen (secondary N) is 1. The molecular weight excluding hydrogens is 479 g/mol. The smallest absolute Gasteiger partial charge is 0.404 e. The fourth-order valence-electron chi connectivity index (χ4n) is 3.71. The van der Waals surface area contributed by atoms with E-state index in [0.717, 1.165) is 22.8 Å². The molecule has 1 aliphatic rings. The van der Waals surface area contributed by atoms with Crippen LogP contribution in [0, 0.1) is 0 Å². The number of thiol groups is 1. The monoisotopic (exact) mass is 497 g/mol. The first kappa shape index (κ1) is 23.2. The molecular formula is C21H19ClF3N5O2S. The Morgan fingerprint density at radius 3 is 2.64 bits per heavy atom. The van der Waals surface area contributed by atoms with Crippen molar-refractivity contribution >= 4 is 52.9 Å². The molecule has 3 aromatic rings. The van der Waals surface area contributed by atoms with Crippen LogP contribution in [0.5, 0.6) is 5.75 Å². The number of rotatable bonds is 4. The van der Waals surface area contributed by atoms with Gasteiger partial charge in [-0.25, -0.2) is 14.8 Å². The second-order valence-corrected chi connectivity index (χ2v) is 8.26. The molecule has 1 N–H and O–H groups in total. The lowest BCUT2D eigenvalue weighted by molar-refractivity contribution is -0.274. The van der Waals surface area contributed by atoms with Gasteiger partial charge in [0.1, 0.15) is 12.1 Å². The number of nitrogens with zero attached hydrogens (tertiary/aromatic N) is 4. The van der Waals surface area contributed by atoms with E-state index in [1.807, 2.05) is 6.07 Å². The van der Waals surface area contributed by atoms with E-state index in [-0.39, 0.29) is 11.7 Å². The van der Waals surface area contributed by atoms with Crippen LogP contribution in [-0.4, -0.2) is 45.8 Å². The number of ether oxygens (including phenoxy) is 1. The van der Waals surface area contributed by atoms with Gasteiger partial charge in [-0.2, -0.15) is 0 Å². The van der Waals surface area contributed by atoms with Crippen molar-refractivity contribution in [3.05, 3.63) is 53.8 Å². The molecule has 2 amide bonds. The quantitative estimate of drug-likeness (QED) is 0.464. The Hall–Kier alpha value is -2.92. The van der Waals surface area contributed by atoms with Gasteiger partial charge in [-0.1, -0.05) is 36.5 Å². The first-order chi connectivity index (χ1) is 15.7. The van der Waals surface area contributed by atoms with E-state index >= 15 is 0 Å². The zero-order valence-electron chi connectivity index (χ0n) is 17.1. The number of carbonyl (C=O) groups excluding carboxylic acids is 1. The molecule has 1 aromatic heterocycles. The molecule has 1 aliphatic heterocycles. The third kappa shape index (κ3) is 5.53. The number of hydrogen-bond donors (Lipinski definition) is 2. The zero-order chi connectivity index (χ0) is 23.6. The number of alkyl halides is 3. The third-order valence-electron chi connectivity index (χ3n) is 5.25. The van der Waals surface area contributed by atoms with Crippen LogP contribution in [0.1, 0.15) is 12.8 Å². The number of fused-ring (bicyclic) bond motifs is 1. The molecule has 0 unspecified atom stereocenters. The molecule has 1 fully saturated rings. The van der Waals surface area contributed by atoms with Gasteiger partial charge < -0.3 is 15.0 Å². The van der Waals surface area contributed by atoms with Crippen molar-refractivity contribution in [3.63, 3.8) is 0 Å². The highest BCUT2D eigenvalue weighted by Gasteiger charge is 2.33. The summed E-state index contributed by atoms with van der Waals surface area (Å²) in [7, 11) is 0. The summed E-state index contributed by atoms with van der Waals surface area (Å²) in [4.78, 5) is 23.4. The molecule has 0 atom stereocenters. The molecule has 0 aliphatic carbocycles. The Kier molecular flexibility index (Phi) is 6.71. The molecule has 2 aromatic carbocycles. The molecule has 0 spiro atoms. The fourth-order valence-corrected chi connectivity index (χ4v) is 4.16. The number of carbonyl (C=O) groups is 1. The van der Waals surface area contributed by atoms with Crippen LogP contribution in [0.25, 0.3) is 10.9 Å². The Labute approximate surface area is 198 Å². The second-order valence-electron chi connectivity index (χ2n) is 7.40. The predicted molar refractivity (Wildman–Crippen MR) is 123 cm³/mol. The lowest BCUT2D eigenvalue weighted by atomic mass is 10.0. The Balaban J connectivity index is 1.40. The van der Waals surface area contributed by atoms with Crippen LogP contribution in [0.3, 0.4) is 0 Å². The van der Waals surface area contributed by atoms with E-state index in [2.05, 4.69) is 37.7 Å². The molecule has 2 heterocycles. The summed E-state index contributed by atoms with van der Waals surface area (Å²) >= 11 is 10.4. The van der Waals surface area contributed by atoms with E-state index in [4.69, 9.17) is 11.6 Å². The molecule has 0 saturated carbocycles. The minimum atomic E-state index is -4.87. The maximum atomic E-state index is 12.6. The average Bonchev–Trinajstić information content (AvgIpc) is 2.78. The molecule has 12 heteroatoms. The van der Waals surface area contributed by atoms with E-state index in [0.29, 0.717) is 31.0 Å². The lowest BCUT2D eigenvalue weighted by Crippen LogP contribution is -2.45. The minimum Gasteiger partial charge on any atom is -0.404 e. The van der Waals surface area contributed by atoms with Crippen molar-refractivity contribution in [1.82, 2.24) is 14.3 Å². The summed E-state index contributed by atoms with van der Waals surface area (Å²) in [6.07, 6.45) is -2.20. The van der Waals surface area contributed by atoms with Gasteiger partial charge in [0.2, 0.25) is 0 Å². The SMILES string of the molecule is O=C(Nc1ccccc1OC(F)(F)F)N(S)C1CCN(c2ncnc3cc(Cl)ccc23)CC1. The van der Waals surface area contributed by atoms with E-state index < -0.39 is 18.1 Å². The average molecular weight is 498 g/mol. The predicted octanol–water partition coefficient (Wildman–Crippen LogP) is 5.53. The number of piperidine rings is 1. The normalized spacial score (nSPS) is 14.9. The molecule has 0 bridgehead atoms. The summed E-state index contributed by atoms with van der Waals surface area (Å²) in [5.41, 5.74) is 0.645. The Morgan fingerprint density at radius 2 is 1.91 bits per heavy atom. The molecule has 1 saturated heterocycles. The van der Waals surface area contributed by atoms with Crippen LogP contribution >= 0.6 is 24.4 Å². The summed E-state index contributed by atoms with van der Waals surface area (Å²) in [6.45, 7) is 1.22. The topological polar surface area (TPSA) is 70.6 Å². The Morgan fingerprint density at radius 1 is 1.18 bits per heavy atom. The van der Waals surface area contributed by atoms with Crippen molar-refractivity contribution in [1.29, 1.82) is 0 Å². The first-order valence-electron chi connectivity index (χ1n) is 10.0. The van der Waals surface area contributed by atoms with Crippen molar-refractivity contribution in [3.8, 4) is 5.75 Å². The van der Waals surface area contributed by atoms with Crippen LogP contribution < -0.4 is 15.0 Å². The number of halogens is 4. The van der Waals surface area contributed by atoms with Crippen molar-refractivity contribution in [2.24, 2.45) is 0 Å². The highest BCUT2D eigenvalue weighted by atomic mass is 35.5. The first-order valence-corrected chi connectivity index (χ1v) is 10.8. The summed E-state index contributed by atoms with van der Waals surface area (Å²) in [6, 6.07) is 9.91. The zero-order valence-corrected chi connectivity index (χ0v) is 18.7. The van der Waals surface area contributed by atoms with E-state index in [1.165, 1.54) is 28.8 Å². The number of aromatic nitrogens is 2. The fraction of sp³-hybridized carbons (Fsp3) is 0.286. The van der Waals surface area contributed by atoms with Gasteiger partial charge in [0, 0.05) is 29.5 Å².